The second-order valence-electron chi connectivity index (χ2n) is 6.79. The Kier molecular flexibility index (Phi) is 3.12. The third kappa shape index (κ3) is 2.50. The molecule has 2 aliphatic rings. The van der Waals surface area contributed by atoms with Gasteiger partial charge in [0.25, 0.3) is 0 Å². The quantitative estimate of drug-likeness (QED) is 0.531. The lowest BCUT2D eigenvalue weighted by molar-refractivity contribution is -0.164. The third-order valence-electron chi connectivity index (χ3n) is 3.82. The van der Waals surface area contributed by atoms with Gasteiger partial charge in [0.15, 0.2) is 0 Å². The van der Waals surface area contributed by atoms with Crippen LogP contribution in [0.15, 0.2) is 12.2 Å². The van der Waals surface area contributed by atoms with Crippen LogP contribution in [0.4, 0.5) is 0 Å². The van der Waals surface area contributed by atoms with E-state index in [1.54, 1.807) is 0 Å². The van der Waals surface area contributed by atoms with Crippen LogP contribution >= 0.6 is 0 Å². The zero-order chi connectivity index (χ0) is 13.6. The summed E-state index contributed by atoms with van der Waals surface area (Å²) in [6, 6.07) is 0. The average molecular weight is 250 g/mol. The Bertz CT molecular complexity index is 402. The predicted molar refractivity (Wildman–Crippen MR) is 68.9 cm³/mol. The van der Waals surface area contributed by atoms with E-state index in [9.17, 15) is 9.59 Å². The van der Waals surface area contributed by atoms with Gasteiger partial charge in [-0.3, -0.25) is 9.59 Å². The number of carbonyl (C=O) groups excluding carboxylic acids is 2. The van der Waals surface area contributed by atoms with E-state index >= 15 is 0 Å². The molecule has 0 heterocycles. The van der Waals surface area contributed by atoms with Crippen molar-refractivity contribution < 1.29 is 14.3 Å². The van der Waals surface area contributed by atoms with Crippen LogP contribution in [0.3, 0.4) is 0 Å². The molecule has 0 aromatic heterocycles. The molecular formula is C15H22O3. The first kappa shape index (κ1) is 13.3. The van der Waals surface area contributed by atoms with Crippen LogP contribution in [0.1, 0.15) is 47.0 Å². The fourth-order valence-electron chi connectivity index (χ4n) is 3.02. The van der Waals surface area contributed by atoms with Crippen molar-refractivity contribution >= 4 is 11.8 Å². The van der Waals surface area contributed by atoms with E-state index < -0.39 is 11.0 Å². The van der Waals surface area contributed by atoms with Crippen molar-refractivity contribution in [2.75, 3.05) is 0 Å². The van der Waals surface area contributed by atoms with Gasteiger partial charge >= 0.3 is 5.97 Å². The monoisotopic (exact) mass is 250 g/mol. The summed E-state index contributed by atoms with van der Waals surface area (Å²) < 4.78 is 5.45. The summed E-state index contributed by atoms with van der Waals surface area (Å²) in [5.74, 6) is 0.0134. The maximum atomic E-state index is 12.2. The second-order valence-corrected chi connectivity index (χ2v) is 6.79. The summed E-state index contributed by atoms with van der Waals surface area (Å²) in [6.07, 6.45) is 6.06. The summed E-state index contributed by atoms with van der Waals surface area (Å²) in [5, 5.41) is 0. The number of Topliss-reactive ketones (excluding diaryl/α,β-unsaturated/α-hetero) is 1. The standard InChI is InChI=1S/C15H22O3/c1-14(2,3)18-13(17)11-8-10-6-5-7-15(4,9-11)12(10)16/h5,7,10-11H,6,8-9H2,1-4H3/t10?,11-,15?/m0/s1. The lowest BCUT2D eigenvalue weighted by atomic mass is 9.62. The second kappa shape index (κ2) is 4.22. The first-order valence-corrected chi connectivity index (χ1v) is 6.66. The van der Waals surface area contributed by atoms with Crippen molar-refractivity contribution in [2.24, 2.45) is 17.3 Å². The van der Waals surface area contributed by atoms with E-state index in [1.807, 2.05) is 33.8 Å². The molecule has 0 amide bonds. The van der Waals surface area contributed by atoms with Crippen LogP contribution in [0.5, 0.6) is 0 Å². The SMILES string of the molecule is CC(C)(C)OC(=O)[C@H]1CC2CC=CC(C)(C1)C2=O. The highest BCUT2D eigenvalue weighted by atomic mass is 16.6. The Morgan fingerprint density at radius 2 is 2.11 bits per heavy atom. The molecule has 0 saturated heterocycles. The van der Waals surface area contributed by atoms with E-state index in [0.717, 1.165) is 6.42 Å². The zero-order valence-corrected chi connectivity index (χ0v) is 11.7. The molecule has 0 radical (unpaired) electrons. The first-order chi connectivity index (χ1) is 8.21. The van der Waals surface area contributed by atoms with Crippen molar-refractivity contribution in [1.29, 1.82) is 0 Å². The van der Waals surface area contributed by atoms with Crippen LogP contribution in [0.2, 0.25) is 0 Å². The highest BCUT2D eigenvalue weighted by molar-refractivity contribution is 5.92. The molecule has 100 valence electrons. The first-order valence-electron chi connectivity index (χ1n) is 6.66. The van der Waals surface area contributed by atoms with E-state index in [-0.39, 0.29) is 17.8 Å². The van der Waals surface area contributed by atoms with Crippen molar-refractivity contribution in [2.45, 2.75) is 52.6 Å². The van der Waals surface area contributed by atoms with Crippen LogP contribution in [0, 0.1) is 17.3 Å². The minimum Gasteiger partial charge on any atom is -0.460 e. The fraction of sp³-hybridized carbons (Fsp3) is 0.733. The van der Waals surface area contributed by atoms with Crippen LogP contribution in [-0.2, 0) is 14.3 Å². The molecule has 3 nitrogen and oxygen atoms in total. The van der Waals surface area contributed by atoms with Crippen LogP contribution in [0.25, 0.3) is 0 Å². The highest BCUT2D eigenvalue weighted by Crippen LogP contribution is 2.45. The van der Waals surface area contributed by atoms with Crippen molar-refractivity contribution in [3.05, 3.63) is 12.2 Å². The number of ketones is 1. The van der Waals surface area contributed by atoms with Gasteiger partial charge in [0.05, 0.1) is 5.92 Å². The molecule has 2 aliphatic carbocycles. The molecule has 0 aromatic rings. The van der Waals surface area contributed by atoms with Crippen LogP contribution in [-0.4, -0.2) is 17.4 Å². The Hall–Kier alpha value is -1.12. The lowest BCUT2D eigenvalue weighted by Crippen LogP contribution is -2.45. The number of hydrogen-bond acceptors (Lipinski definition) is 3. The maximum absolute atomic E-state index is 12.2. The third-order valence-corrected chi connectivity index (χ3v) is 3.82. The van der Waals surface area contributed by atoms with Gasteiger partial charge in [-0.15, -0.1) is 0 Å². The summed E-state index contributed by atoms with van der Waals surface area (Å²) in [5.41, 5.74) is -0.910. The van der Waals surface area contributed by atoms with Crippen LogP contribution < -0.4 is 0 Å². The maximum Gasteiger partial charge on any atom is 0.309 e. The molecule has 0 N–H and O–H groups in total. The van der Waals surface area contributed by atoms with Crippen molar-refractivity contribution in [1.82, 2.24) is 0 Å². The van der Waals surface area contributed by atoms with E-state index in [0.29, 0.717) is 18.6 Å². The molecule has 1 saturated carbocycles. The predicted octanol–water partition coefficient (Wildman–Crippen LogP) is 2.89. The molecule has 18 heavy (non-hydrogen) atoms. The van der Waals surface area contributed by atoms with E-state index in [1.165, 1.54) is 0 Å². The minimum absolute atomic E-state index is 0.00580. The summed E-state index contributed by atoms with van der Waals surface area (Å²) in [7, 11) is 0. The molecule has 3 heteroatoms. The van der Waals surface area contributed by atoms with Gasteiger partial charge in [-0.05, 0) is 47.0 Å². The highest BCUT2D eigenvalue weighted by Gasteiger charge is 2.47. The van der Waals surface area contributed by atoms with Gasteiger partial charge < -0.3 is 4.74 Å². The number of fused-ring (bicyclic) bond motifs is 2. The van der Waals surface area contributed by atoms with Gasteiger partial charge in [0.2, 0.25) is 0 Å². The number of rotatable bonds is 1. The minimum atomic E-state index is -0.456. The summed E-state index contributed by atoms with van der Waals surface area (Å²) in [4.78, 5) is 24.3. The summed E-state index contributed by atoms with van der Waals surface area (Å²) >= 11 is 0. The topological polar surface area (TPSA) is 43.4 Å². The number of ether oxygens (including phenoxy) is 1. The zero-order valence-electron chi connectivity index (χ0n) is 11.7. The molecule has 2 rings (SSSR count). The molecule has 2 bridgehead atoms. The van der Waals surface area contributed by atoms with Gasteiger partial charge in [0, 0.05) is 11.3 Å². The van der Waals surface area contributed by atoms with Gasteiger partial charge in [0.1, 0.15) is 11.4 Å². The molecule has 0 aliphatic heterocycles. The van der Waals surface area contributed by atoms with Crippen molar-refractivity contribution in [3.8, 4) is 0 Å². The fourth-order valence-corrected chi connectivity index (χ4v) is 3.02. The average Bonchev–Trinajstić information content (AvgIpc) is 2.18. The Labute approximate surface area is 109 Å². The lowest BCUT2D eigenvalue weighted by Gasteiger charge is -2.41. The van der Waals surface area contributed by atoms with E-state index in [2.05, 4.69) is 6.08 Å². The normalized spacial score (nSPS) is 35.4. The Morgan fingerprint density at radius 3 is 2.67 bits per heavy atom. The molecule has 1 fully saturated rings. The number of esters is 1. The van der Waals surface area contributed by atoms with Gasteiger partial charge in [-0.25, -0.2) is 0 Å². The summed E-state index contributed by atoms with van der Waals surface area (Å²) in [6.45, 7) is 7.57. The number of hydrogen-bond donors (Lipinski definition) is 0. The Morgan fingerprint density at radius 1 is 1.44 bits per heavy atom. The van der Waals surface area contributed by atoms with Crippen molar-refractivity contribution in [3.63, 3.8) is 0 Å². The van der Waals surface area contributed by atoms with Gasteiger partial charge in [-0.1, -0.05) is 12.2 Å². The Balaban J connectivity index is 2.13. The van der Waals surface area contributed by atoms with Gasteiger partial charge in [-0.2, -0.15) is 0 Å². The van der Waals surface area contributed by atoms with E-state index in [4.69, 9.17) is 4.74 Å². The molecule has 3 atom stereocenters. The smallest absolute Gasteiger partial charge is 0.309 e. The number of carbonyl (C=O) groups is 2. The molecule has 0 spiro atoms. The molecule has 0 aromatic carbocycles. The number of allylic oxidation sites excluding steroid dienone is 2. The molecule has 2 unspecified atom stereocenters. The molecular weight excluding hydrogens is 228 g/mol. The largest absolute Gasteiger partial charge is 0.460 e.